The van der Waals surface area contributed by atoms with Gasteiger partial charge in [0.25, 0.3) is 0 Å². The number of hydrogen-bond acceptors (Lipinski definition) is 6. The summed E-state index contributed by atoms with van der Waals surface area (Å²) in [5.74, 6) is -1.43. The third kappa shape index (κ3) is 4.00. The summed E-state index contributed by atoms with van der Waals surface area (Å²) in [7, 11) is 0. The fourth-order valence-corrected chi connectivity index (χ4v) is 3.84. The van der Waals surface area contributed by atoms with Gasteiger partial charge in [-0.25, -0.2) is 14.6 Å². The van der Waals surface area contributed by atoms with E-state index in [0.717, 1.165) is 37.0 Å². The molecule has 1 fully saturated rings. The molecule has 2 amide bonds. The van der Waals surface area contributed by atoms with Gasteiger partial charge in [0.2, 0.25) is 0 Å². The van der Waals surface area contributed by atoms with Gasteiger partial charge in [-0.1, -0.05) is 35.8 Å². The Labute approximate surface area is 157 Å². The Balaban J connectivity index is 1.72. The number of nitrogens with one attached hydrogen (secondary N) is 2. The summed E-state index contributed by atoms with van der Waals surface area (Å²) in [6.07, 6.45) is 5.20. The van der Waals surface area contributed by atoms with Gasteiger partial charge in [0.05, 0.1) is 5.69 Å². The molecule has 136 valence electrons. The highest BCUT2D eigenvalue weighted by Gasteiger charge is 2.27. The van der Waals surface area contributed by atoms with E-state index < -0.39 is 12.0 Å². The highest BCUT2D eigenvalue weighted by atomic mass is 35.5. The molecule has 3 rings (SSSR count). The Hall–Kier alpha value is -2.52. The zero-order chi connectivity index (χ0) is 18.7. The molecule has 0 aromatic carbocycles. The summed E-state index contributed by atoms with van der Waals surface area (Å²) in [6.45, 7) is 0. The van der Waals surface area contributed by atoms with Crippen molar-refractivity contribution < 1.29 is 19.5 Å². The minimum atomic E-state index is -1.28. The number of carbonyl (C=O) groups is 3. The molecular formula is C16H15ClN4O4S. The number of pyridine rings is 1. The number of aromatic carboxylic acids is 1. The maximum Gasteiger partial charge on any atom is 0.357 e. The summed E-state index contributed by atoms with van der Waals surface area (Å²) in [6, 6.07) is 2.54. The number of nitrogens with zero attached hydrogens (tertiary/aromatic N) is 2. The largest absolute Gasteiger partial charge is 0.476 e. The van der Waals surface area contributed by atoms with Crippen molar-refractivity contribution in [1.82, 2.24) is 9.97 Å². The Morgan fingerprint density at radius 3 is 2.58 bits per heavy atom. The number of carbonyl (C=O) groups excluding carboxylic acids is 2. The number of halogens is 1. The van der Waals surface area contributed by atoms with Crippen LogP contribution in [-0.4, -0.2) is 32.9 Å². The average Bonchev–Trinajstić information content (AvgIpc) is 3.24. The zero-order valence-corrected chi connectivity index (χ0v) is 15.1. The van der Waals surface area contributed by atoms with Gasteiger partial charge < -0.3 is 10.4 Å². The van der Waals surface area contributed by atoms with Crippen LogP contribution in [0.2, 0.25) is 4.34 Å². The van der Waals surface area contributed by atoms with Crippen LogP contribution in [0.25, 0.3) is 0 Å². The van der Waals surface area contributed by atoms with Crippen LogP contribution < -0.4 is 10.6 Å². The third-order valence-corrected chi connectivity index (χ3v) is 5.19. The number of hydrogen-bond donors (Lipinski definition) is 3. The van der Waals surface area contributed by atoms with Gasteiger partial charge in [-0.3, -0.25) is 15.1 Å². The van der Waals surface area contributed by atoms with E-state index in [1.165, 1.54) is 6.20 Å². The lowest BCUT2D eigenvalue weighted by molar-refractivity contribution is 0.0691. The van der Waals surface area contributed by atoms with E-state index >= 15 is 0 Å². The monoisotopic (exact) mass is 394 g/mol. The summed E-state index contributed by atoms with van der Waals surface area (Å²) >= 11 is 6.60. The van der Waals surface area contributed by atoms with Gasteiger partial charge in [-0.2, -0.15) is 0 Å². The number of aromatic nitrogens is 2. The van der Waals surface area contributed by atoms with E-state index in [1.807, 2.05) is 0 Å². The molecule has 0 bridgehead atoms. The number of anilines is 2. The van der Waals surface area contributed by atoms with Crippen LogP contribution in [-0.2, 0) is 0 Å². The second kappa shape index (κ2) is 7.79. The first kappa shape index (κ1) is 18.3. The average molecular weight is 395 g/mol. The fraction of sp³-hybridized carbons (Fsp3) is 0.312. The van der Waals surface area contributed by atoms with Gasteiger partial charge in [0, 0.05) is 12.1 Å². The van der Waals surface area contributed by atoms with E-state index in [9.17, 15) is 14.4 Å². The highest BCUT2D eigenvalue weighted by Crippen LogP contribution is 2.30. The van der Waals surface area contributed by atoms with Crippen molar-refractivity contribution >= 4 is 51.5 Å². The van der Waals surface area contributed by atoms with Gasteiger partial charge in [-0.15, -0.1) is 0 Å². The molecule has 10 heteroatoms. The first-order chi connectivity index (χ1) is 12.5. The minimum Gasteiger partial charge on any atom is -0.476 e. The number of Topliss-reactive ketones (excluding diaryl/α,β-unsaturated/α-hetero) is 1. The fourth-order valence-electron chi connectivity index (χ4n) is 2.82. The molecule has 0 unspecified atom stereocenters. The van der Waals surface area contributed by atoms with Crippen LogP contribution in [0.3, 0.4) is 0 Å². The Bertz CT molecular complexity index is 864. The lowest BCUT2D eigenvalue weighted by Gasteiger charge is -2.12. The van der Waals surface area contributed by atoms with E-state index in [-0.39, 0.29) is 32.6 Å². The van der Waals surface area contributed by atoms with Crippen molar-refractivity contribution in [2.24, 2.45) is 5.92 Å². The number of carboxylic acid groups (broad SMARTS) is 1. The molecule has 8 nitrogen and oxygen atoms in total. The molecule has 2 aromatic rings. The third-order valence-electron chi connectivity index (χ3n) is 4.02. The predicted octanol–water partition coefficient (Wildman–Crippen LogP) is 3.91. The normalized spacial score (nSPS) is 14.2. The second-order valence-electron chi connectivity index (χ2n) is 5.77. The van der Waals surface area contributed by atoms with Crippen molar-refractivity contribution in [3.63, 3.8) is 0 Å². The van der Waals surface area contributed by atoms with Crippen molar-refractivity contribution in [3.05, 3.63) is 34.1 Å². The predicted molar refractivity (Wildman–Crippen MR) is 97.3 cm³/mol. The van der Waals surface area contributed by atoms with E-state index in [0.29, 0.717) is 5.69 Å². The molecule has 0 aliphatic heterocycles. The molecule has 2 aromatic heterocycles. The van der Waals surface area contributed by atoms with Crippen LogP contribution in [0.1, 0.15) is 46.7 Å². The number of urea groups is 1. The molecule has 1 aliphatic carbocycles. The number of carboxylic acids is 1. The summed E-state index contributed by atoms with van der Waals surface area (Å²) in [5, 5.41) is 14.0. The Morgan fingerprint density at radius 2 is 1.92 bits per heavy atom. The van der Waals surface area contributed by atoms with Crippen LogP contribution in [0, 0.1) is 5.92 Å². The van der Waals surface area contributed by atoms with E-state index in [1.54, 1.807) is 12.1 Å². The standard InChI is InChI=1S/C16H15ClN4O4S/c17-13-11(14(23)24)20-16(26-13)21-15(25)19-9-6-3-7-18-10(9)12(22)8-4-1-2-5-8/h3,6-8H,1-2,4-5H2,(H,23,24)(H2,19,20,21,25). The number of rotatable bonds is 5. The minimum absolute atomic E-state index is 0.0359. The van der Waals surface area contributed by atoms with Crippen LogP contribution >= 0.6 is 22.9 Å². The van der Waals surface area contributed by atoms with Crippen molar-refractivity contribution in [3.8, 4) is 0 Å². The molecule has 2 heterocycles. The summed E-state index contributed by atoms with van der Waals surface area (Å²) in [4.78, 5) is 43.6. The SMILES string of the molecule is O=C(Nc1nc(C(=O)O)c(Cl)s1)Nc1cccnc1C(=O)C1CCCC1. The summed E-state index contributed by atoms with van der Waals surface area (Å²) < 4.78 is -0.0359. The maximum absolute atomic E-state index is 12.6. The quantitative estimate of drug-likeness (QED) is 0.661. The highest BCUT2D eigenvalue weighted by molar-refractivity contribution is 7.20. The lowest BCUT2D eigenvalue weighted by Crippen LogP contribution is -2.23. The van der Waals surface area contributed by atoms with Gasteiger partial charge >= 0.3 is 12.0 Å². The molecule has 0 spiro atoms. The smallest absolute Gasteiger partial charge is 0.357 e. The van der Waals surface area contributed by atoms with E-state index in [4.69, 9.17) is 16.7 Å². The molecule has 0 radical (unpaired) electrons. The topological polar surface area (TPSA) is 121 Å². The van der Waals surface area contributed by atoms with Crippen molar-refractivity contribution in [2.75, 3.05) is 10.6 Å². The Kier molecular flexibility index (Phi) is 5.48. The number of amides is 2. The lowest BCUT2D eigenvalue weighted by atomic mass is 9.99. The molecular weight excluding hydrogens is 380 g/mol. The Morgan fingerprint density at radius 1 is 1.19 bits per heavy atom. The summed E-state index contributed by atoms with van der Waals surface area (Å²) in [5.41, 5.74) is 0.186. The number of ketones is 1. The van der Waals surface area contributed by atoms with Crippen LogP contribution in [0.5, 0.6) is 0 Å². The molecule has 0 atom stereocenters. The number of thiazole rings is 1. The second-order valence-corrected chi connectivity index (χ2v) is 7.37. The van der Waals surface area contributed by atoms with Gasteiger partial charge in [0.1, 0.15) is 10.0 Å². The molecule has 3 N–H and O–H groups in total. The van der Waals surface area contributed by atoms with Crippen molar-refractivity contribution in [2.45, 2.75) is 25.7 Å². The first-order valence-electron chi connectivity index (χ1n) is 7.92. The molecule has 1 saturated carbocycles. The van der Waals surface area contributed by atoms with Crippen LogP contribution in [0.15, 0.2) is 18.3 Å². The van der Waals surface area contributed by atoms with Crippen LogP contribution in [0.4, 0.5) is 15.6 Å². The first-order valence-corrected chi connectivity index (χ1v) is 9.12. The van der Waals surface area contributed by atoms with Gasteiger partial charge in [-0.05, 0) is 25.0 Å². The molecule has 26 heavy (non-hydrogen) atoms. The molecule has 1 aliphatic rings. The van der Waals surface area contributed by atoms with E-state index in [2.05, 4.69) is 20.6 Å². The van der Waals surface area contributed by atoms with Crippen molar-refractivity contribution in [1.29, 1.82) is 0 Å². The van der Waals surface area contributed by atoms with Gasteiger partial charge in [0.15, 0.2) is 16.6 Å². The zero-order valence-electron chi connectivity index (χ0n) is 13.5. The molecule has 0 saturated heterocycles. The maximum atomic E-state index is 12.6.